The second-order valence-corrected chi connectivity index (χ2v) is 5.23. The summed E-state index contributed by atoms with van der Waals surface area (Å²) < 4.78 is 18.4. The molecule has 0 unspecified atom stereocenters. The number of carbonyl (C=O) groups is 1. The van der Waals surface area contributed by atoms with Gasteiger partial charge in [-0.25, -0.2) is 14.2 Å². The molecule has 0 bridgehead atoms. The van der Waals surface area contributed by atoms with Crippen LogP contribution in [0.2, 0.25) is 0 Å². The van der Waals surface area contributed by atoms with Crippen molar-refractivity contribution < 1.29 is 19.0 Å². The number of hydrogen-bond acceptors (Lipinski definition) is 5. The molecule has 122 valence electrons. The average molecular weight is 319 g/mol. The second kappa shape index (κ2) is 7.64. The zero-order valence-electron chi connectivity index (χ0n) is 13.0. The van der Waals surface area contributed by atoms with E-state index in [4.69, 9.17) is 4.74 Å². The molecule has 0 saturated heterocycles. The highest BCUT2D eigenvalue weighted by molar-refractivity contribution is 5.93. The summed E-state index contributed by atoms with van der Waals surface area (Å²) in [6, 6.07) is 5.50. The van der Waals surface area contributed by atoms with Gasteiger partial charge in [-0.1, -0.05) is 12.1 Å². The van der Waals surface area contributed by atoms with Crippen LogP contribution in [0.4, 0.5) is 4.39 Å². The number of hydrogen-bond donors (Lipinski definition) is 1. The van der Waals surface area contributed by atoms with Crippen molar-refractivity contribution in [3.05, 3.63) is 42.0 Å². The summed E-state index contributed by atoms with van der Waals surface area (Å²) in [5.41, 5.74) is 0.676. The van der Waals surface area contributed by atoms with Gasteiger partial charge in [-0.2, -0.15) is 4.98 Å². The molecule has 1 aromatic carbocycles. The SMILES string of the molecule is CN(C)CCCOc1ncc(-c2ccc(F)cc2)c(C(=O)O)n1. The Labute approximate surface area is 133 Å². The van der Waals surface area contributed by atoms with Crippen LogP contribution in [0, 0.1) is 5.82 Å². The van der Waals surface area contributed by atoms with E-state index in [-0.39, 0.29) is 11.7 Å². The monoisotopic (exact) mass is 319 g/mol. The summed E-state index contributed by atoms with van der Waals surface area (Å²) >= 11 is 0. The fourth-order valence-corrected chi connectivity index (χ4v) is 1.98. The highest BCUT2D eigenvalue weighted by Gasteiger charge is 2.16. The number of aromatic carboxylic acids is 1. The molecule has 2 aromatic rings. The number of halogens is 1. The van der Waals surface area contributed by atoms with Gasteiger partial charge in [-0.15, -0.1) is 0 Å². The van der Waals surface area contributed by atoms with Crippen LogP contribution in [0.5, 0.6) is 6.01 Å². The van der Waals surface area contributed by atoms with Crippen LogP contribution in [-0.2, 0) is 0 Å². The van der Waals surface area contributed by atoms with Gasteiger partial charge in [0, 0.05) is 18.3 Å². The van der Waals surface area contributed by atoms with E-state index in [1.807, 2.05) is 19.0 Å². The first-order valence-corrected chi connectivity index (χ1v) is 7.11. The number of rotatable bonds is 7. The molecule has 7 heteroatoms. The predicted molar refractivity (Wildman–Crippen MR) is 83.1 cm³/mol. The van der Waals surface area contributed by atoms with Crippen LogP contribution in [0.3, 0.4) is 0 Å². The minimum atomic E-state index is -1.19. The van der Waals surface area contributed by atoms with E-state index in [1.165, 1.54) is 30.5 Å². The van der Waals surface area contributed by atoms with E-state index < -0.39 is 11.8 Å². The zero-order valence-corrected chi connectivity index (χ0v) is 13.0. The first-order valence-electron chi connectivity index (χ1n) is 7.11. The van der Waals surface area contributed by atoms with Gasteiger partial charge in [0.2, 0.25) is 0 Å². The van der Waals surface area contributed by atoms with Crippen molar-refractivity contribution in [1.29, 1.82) is 0 Å². The molecule has 1 N–H and O–H groups in total. The van der Waals surface area contributed by atoms with Crippen LogP contribution >= 0.6 is 0 Å². The Balaban J connectivity index is 2.18. The summed E-state index contributed by atoms with van der Waals surface area (Å²) in [7, 11) is 3.91. The highest BCUT2D eigenvalue weighted by Crippen LogP contribution is 2.23. The maximum atomic E-state index is 13.0. The van der Waals surface area contributed by atoms with Gasteiger partial charge in [-0.05, 0) is 38.2 Å². The third-order valence-corrected chi connectivity index (χ3v) is 3.11. The van der Waals surface area contributed by atoms with E-state index >= 15 is 0 Å². The molecule has 0 fully saturated rings. The fraction of sp³-hybridized carbons (Fsp3) is 0.312. The first kappa shape index (κ1) is 16.8. The zero-order chi connectivity index (χ0) is 16.8. The molecule has 0 aliphatic heterocycles. The van der Waals surface area contributed by atoms with Gasteiger partial charge in [0.15, 0.2) is 5.69 Å². The standard InChI is InChI=1S/C16H18FN3O3/c1-20(2)8-3-9-23-16-18-10-13(14(19-16)15(21)22)11-4-6-12(17)7-5-11/h4-7,10H,3,8-9H2,1-2H3,(H,21,22). The molecule has 0 atom stereocenters. The Bertz CT molecular complexity index is 675. The van der Waals surface area contributed by atoms with Gasteiger partial charge in [-0.3, -0.25) is 0 Å². The summed E-state index contributed by atoms with van der Waals surface area (Å²) in [5, 5.41) is 9.32. The summed E-state index contributed by atoms with van der Waals surface area (Å²) in [6.07, 6.45) is 2.16. The lowest BCUT2D eigenvalue weighted by Gasteiger charge is -2.10. The molecule has 23 heavy (non-hydrogen) atoms. The van der Waals surface area contributed by atoms with E-state index in [1.54, 1.807) is 0 Å². The Morgan fingerprint density at radius 3 is 2.61 bits per heavy atom. The van der Waals surface area contributed by atoms with Crippen molar-refractivity contribution in [2.75, 3.05) is 27.2 Å². The van der Waals surface area contributed by atoms with Gasteiger partial charge in [0.05, 0.1) is 6.61 Å². The maximum absolute atomic E-state index is 13.0. The Hall–Kier alpha value is -2.54. The van der Waals surface area contributed by atoms with Gasteiger partial charge in [0.1, 0.15) is 5.82 Å². The van der Waals surface area contributed by atoms with E-state index in [0.717, 1.165) is 13.0 Å². The average Bonchev–Trinajstić information content (AvgIpc) is 2.52. The second-order valence-electron chi connectivity index (χ2n) is 5.23. The van der Waals surface area contributed by atoms with Crippen molar-refractivity contribution in [2.24, 2.45) is 0 Å². The van der Waals surface area contributed by atoms with Crippen LogP contribution in [-0.4, -0.2) is 53.2 Å². The minimum absolute atomic E-state index is 0.0204. The number of carboxylic acids is 1. The van der Waals surface area contributed by atoms with Gasteiger partial charge >= 0.3 is 12.0 Å². The summed E-state index contributed by atoms with van der Waals surface area (Å²) in [4.78, 5) is 21.4. The molecule has 1 heterocycles. The number of aromatic nitrogens is 2. The largest absolute Gasteiger partial charge is 0.476 e. The van der Waals surface area contributed by atoms with Crippen molar-refractivity contribution in [2.45, 2.75) is 6.42 Å². The number of carboxylic acid groups (broad SMARTS) is 1. The van der Waals surface area contributed by atoms with E-state index in [2.05, 4.69) is 9.97 Å². The number of benzene rings is 1. The predicted octanol–water partition coefficient (Wildman–Crippen LogP) is 2.31. The molecule has 0 aliphatic rings. The minimum Gasteiger partial charge on any atom is -0.476 e. The van der Waals surface area contributed by atoms with E-state index in [9.17, 15) is 14.3 Å². The summed E-state index contributed by atoms with van der Waals surface area (Å²) in [5.74, 6) is -1.59. The fourth-order valence-electron chi connectivity index (χ4n) is 1.98. The Kier molecular flexibility index (Phi) is 5.59. The Morgan fingerprint density at radius 1 is 1.30 bits per heavy atom. The Morgan fingerprint density at radius 2 is 2.00 bits per heavy atom. The highest BCUT2D eigenvalue weighted by atomic mass is 19.1. The molecule has 0 amide bonds. The van der Waals surface area contributed by atoms with Crippen molar-refractivity contribution in [3.8, 4) is 17.1 Å². The normalized spacial score (nSPS) is 10.8. The molecule has 1 aromatic heterocycles. The molecular formula is C16H18FN3O3. The maximum Gasteiger partial charge on any atom is 0.355 e. The van der Waals surface area contributed by atoms with Crippen molar-refractivity contribution in [3.63, 3.8) is 0 Å². The third kappa shape index (κ3) is 4.72. The van der Waals surface area contributed by atoms with Crippen LogP contribution in [0.15, 0.2) is 30.5 Å². The topological polar surface area (TPSA) is 75.5 Å². The van der Waals surface area contributed by atoms with Crippen LogP contribution < -0.4 is 4.74 Å². The smallest absolute Gasteiger partial charge is 0.355 e. The number of ether oxygens (including phenoxy) is 1. The van der Waals surface area contributed by atoms with Crippen LogP contribution in [0.25, 0.3) is 11.1 Å². The van der Waals surface area contributed by atoms with Crippen molar-refractivity contribution >= 4 is 5.97 Å². The quantitative estimate of drug-likeness (QED) is 0.789. The number of nitrogens with zero attached hydrogens (tertiary/aromatic N) is 3. The third-order valence-electron chi connectivity index (χ3n) is 3.11. The van der Waals surface area contributed by atoms with Crippen molar-refractivity contribution in [1.82, 2.24) is 14.9 Å². The molecule has 0 spiro atoms. The lowest BCUT2D eigenvalue weighted by Crippen LogP contribution is -2.16. The first-order chi connectivity index (χ1) is 11.0. The molecular weight excluding hydrogens is 301 g/mol. The lowest BCUT2D eigenvalue weighted by atomic mass is 10.1. The van der Waals surface area contributed by atoms with E-state index in [0.29, 0.717) is 17.7 Å². The van der Waals surface area contributed by atoms with Gasteiger partial charge in [0.25, 0.3) is 0 Å². The lowest BCUT2D eigenvalue weighted by molar-refractivity contribution is 0.0689. The summed E-state index contributed by atoms with van der Waals surface area (Å²) in [6.45, 7) is 1.24. The van der Waals surface area contributed by atoms with Gasteiger partial charge < -0.3 is 14.7 Å². The molecule has 0 saturated carbocycles. The molecule has 2 rings (SSSR count). The molecule has 6 nitrogen and oxygen atoms in total. The van der Waals surface area contributed by atoms with Crippen LogP contribution in [0.1, 0.15) is 16.9 Å². The molecule has 0 radical (unpaired) electrons. The molecule has 0 aliphatic carbocycles.